The summed E-state index contributed by atoms with van der Waals surface area (Å²) in [6, 6.07) is 1.92. The molecule has 1 atom stereocenters. The molecule has 0 saturated heterocycles. The molecule has 0 aliphatic heterocycles. The predicted octanol–water partition coefficient (Wildman–Crippen LogP) is 0.940. The van der Waals surface area contributed by atoms with Gasteiger partial charge in [0.05, 0.1) is 12.7 Å². The van der Waals surface area contributed by atoms with E-state index in [-0.39, 0.29) is 0 Å². The Morgan fingerprint density at radius 3 is 3.00 bits per heavy atom. The summed E-state index contributed by atoms with van der Waals surface area (Å²) in [4.78, 5) is 3.99. The third-order valence-electron chi connectivity index (χ3n) is 1.95. The number of hydrogen-bond acceptors (Lipinski definition) is 3. The lowest BCUT2D eigenvalue weighted by atomic mass is 10.1. The fourth-order valence-corrected chi connectivity index (χ4v) is 1.24. The van der Waals surface area contributed by atoms with Crippen molar-refractivity contribution in [2.24, 2.45) is 0 Å². The third-order valence-corrected chi connectivity index (χ3v) is 1.95. The van der Waals surface area contributed by atoms with Gasteiger partial charge in [0.25, 0.3) is 0 Å². The SMILES string of the molecule is COCC(O)Cc1ccncc1C. The lowest BCUT2D eigenvalue weighted by Crippen LogP contribution is -2.17. The summed E-state index contributed by atoms with van der Waals surface area (Å²) in [5, 5.41) is 9.48. The number of ether oxygens (including phenoxy) is 1. The van der Waals surface area contributed by atoms with Gasteiger partial charge in [-0.05, 0) is 24.1 Å². The van der Waals surface area contributed by atoms with Crippen LogP contribution in [0.1, 0.15) is 11.1 Å². The maximum atomic E-state index is 9.48. The molecular formula is C10H15NO2. The fourth-order valence-electron chi connectivity index (χ4n) is 1.24. The van der Waals surface area contributed by atoms with E-state index in [1.54, 1.807) is 19.5 Å². The van der Waals surface area contributed by atoms with Crippen molar-refractivity contribution >= 4 is 0 Å². The van der Waals surface area contributed by atoms with Crippen molar-refractivity contribution in [1.82, 2.24) is 4.98 Å². The molecule has 1 unspecified atom stereocenters. The highest BCUT2D eigenvalue weighted by molar-refractivity contribution is 5.22. The summed E-state index contributed by atoms with van der Waals surface area (Å²) in [6.45, 7) is 2.36. The minimum atomic E-state index is -0.425. The van der Waals surface area contributed by atoms with E-state index in [1.807, 2.05) is 13.0 Å². The van der Waals surface area contributed by atoms with Crippen LogP contribution in [0.2, 0.25) is 0 Å². The van der Waals surface area contributed by atoms with Crippen LogP contribution in [-0.4, -0.2) is 29.9 Å². The lowest BCUT2D eigenvalue weighted by molar-refractivity contribution is 0.0649. The first-order chi connectivity index (χ1) is 6.24. The van der Waals surface area contributed by atoms with Crippen LogP contribution in [0.15, 0.2) is 18.5 Å². The van der Waals surface area contributed by atoms with Crippen LogP contribution in [0.3, 0.4) is 0 Å². The van der Waals surface area contributed by atoms with Crippen molar-refractivity contribution in [2.75, 3.05) is 13.7 Å². The largest absolute Gasteiger partial charge is 0.390 e. The van der Waals surface area contributed by atoms with Crippen LogP contribution >= 0.6 is 0 Å². The molecule has 0 aliphatic carbocycles. The van der Waals surface area contributed by atoms with Gasteiger partial charge in [0, 0.05) is 25.9 Å². The van der Waals surface area contributed by atoms with Crippen LogP contribution in [0, 0.1) is 6.92 Å². The number of hydrogen-bond donors (Lipinski definition) is 1. The highest BCUT2D eigenvalue weighted by Crippen LogP contribution is 2.08. The molecule has 0 bridgehead atoms. The Kier molecular flexibility index (Phi) is 3.86. The summed E-state index contributed by atoms with van der Waals surface area (Å²) in [7, 11) is 1.59. The zero-order valence-corrected chi connectivity index (χ0v) is 8.03. The number of aliphatic hydroxyl groups is 1. The van der Waals surface area contributed by atoms with Gasteiger partial charge in [-0.1, -0.05) is 0 Å². The monoisotopic (exact) mass is 181 g/mol. The second kappa shape index (κ2) is 4.94. The Labute approximate surface area is 78.4 Å². The van der Waals surface area contributed by atoms with E-state index in [4.69, 9.17) is 4.74 Å². The summed E-state index contributed by atoms with van der Waals surface area (Å²) < 4.78 is 4.85. The molecule has 1 aromatic rings. The van der Waals surface area contributed by atoms with Gasteiger partial charge in [0.1, 0.15) is 0 Å². The second-order valence-electron chi connectivity index (χ2n) is 3.12. The van der Waals surface area contributed by atoms with Gasteiger partial charge in [0.2, 0.25) is 0 Å². The third kappa shape index (κ3) is 3.13. The van der Waals surface area contributed by atoms with Crippen molar-refractivity contribution in [2.45, 2.75) is 19.4 Å². The Balaban J connectivity index is 2.58. The average molecular weight is 181 g/mol. The molecule has 0 aromatic carbocycles. The topological polar surface area (TPSA) is 42.4 Å². The maximum absolute atomic E-state index is 9.48. The molecule has 3 nitrogen and oxygen atoms in total. The summed E-state index contributed by atoms with van der Waals surface area (Å²) in [5.41, 5.74) is 2.23. The Morgan fingerprint density at radius 1 is 1.62 bits per heavy atom. The van der Waals surface area contributed by atoms with E-state index < -0.39 is 6.10 Å². The van der Waals surface area contributed by atoms with Gasteiger partial charge in [-0.2, -0.15) is 0 Å². The van der Waals surface area contributed by atoms with E-state index in [9.17, 15) is 5.11 Å². The molecule has 72 valence electrons. The van der Waals surface area contributed by atoms with Crippen LogP contribution < -0.4 is 0 Å². The van der Waals surface area contributed by atoms with Gasteiger partial charge in [-0.25, -0.2) is 0 Å². The molecule has 0 fully saturated rings. The zero-order valence-electron chi connectivity index (χ0n) is 8.03. The molecule has 1 rings (SSSR count). The number of aryl methyl sites for hydroxylation is 1. The smallest absolute Gasteiger partial charge is 0.0813 e. The van der Waals surface area contributed by atoms with Crippen molar-refractivity contribution < 1.29 is 9.84 Å². The minimum Gasteiger partial charge on any atom is -0.390 e. The molecule has 0 saturated carbocycles. The molecule has 0 spiro atoms. The number of aromatic nitrogens is 1. The number of pyridine rings is 1. The first-order valence-electron chi connectivity index (χ1n) is 4.30. The van der Waals surface area contributed by atoms with Gasteiger partial charge < -0.3 is 9.84 Å². The lowest BCUT2D eigenvalue weighted by Gasteiger charge is -2.10. The molecular weight excluding hydrogens is 166 g/mol. The number of aliphatic hydroxyl groups excluding tert-OH is 1. The number of rotatable bonds is 4. The van der Waals surface area contributed by atoms with Gasteiger partial charge in [0.15, 0.2) is 0 Å². The maximum Gasteiger partial charge on any atom is 0.0813 e. The van der Waals surface area contributed by atoms with Crippen LogP contribution in [0.5, 0.6) is 0 Å². The summed E-state index contributed by atoms with van der Waals surface area (Å²) >= 11 is 0. The van der Waals surface area contributed by atoms with Crippen molar-refractivity contribution in [1.29, 1.82) is 0 Å². The van der Waals surface area contributed by atoms with Crippen molar-refractivity contribution in [3.63, 3.8) is 0 Å². The van der Waals surface area contributed by atoms with Gasteiger partial charge >= 0.3 is 0 Å². The van der Waals surface area contributed by atoms with E-state index in [0.29, 0.717) is 13.0 Å². The Morgan fingerprint density at radius 2 is 2.38 bits per heavy atom. The molecule has 0 aliphatic rings. The first-order valence-corrected chi connectivity index (χ1v) is 4.30. The fraction of sp³-hybridized carbons (Fsp3) is 0.500. The zero-order chi connectivity index (χ0) is 9.68. The quantitative estimate of drug-likeness (QED) is 0.751. The predicted molar refractivity (Wildman–Crippen MR) is 50.6 cm³/mol. The van der Waals surface area contributed by atoms with Gasteiger partial charge in [-0.3, -0.25) is 4.98 Å². The summed E-state index contributed by atoms with van der Waals surface area (Å²) in [5.74, 6) is 0. The second-order valence-corrected chi connectivity index (χ2v) is 3.12. The van der Waals surface area contributed by atoms with Crippen LogP contribution in [-0.2, 0) is 11.2 Å². The highest BCUT2D eigenvalue weighted by atomic mass is 16.5. The molecule has 3 heteroatoms. The van der Waals surface area contributed by atoms with Gasteiger partial charge in [-0.15, -0.1) is 0 Å². The van der Waals surface area contributed by atoms with E-state index in [0.717, 1.165) is 11.1 Å². The average Bonchev–Trinajstić information content (AvgIpc) is 2.09. The Bertz CT molecular complexity index is 263. The molecule has 1 aromatic heterocycles. The Hall–Kier alpha value is -0.930. The van der Waals surface area contributed by atoms with Crippen molar-refractivity contribution in [3.8, 4) is 0 Å². The molecule has 13 heavy (non-hydrogen) atoms. The van der Waals surface area contributed by atoms with Crippen LogP contribution in [0.4, 0.5) is 0 Å². The standard InChI is InChI=1S/C10H15NO2/c1-8-6-11-4-3-9(8)5-10(12)7-13-2/h3-4,6,10,12H,5,7H2,1-2H3. The van der Waals surface area contributed by atoms with E-state index in [1.165, 1.54) is 0 Å². The normalized spacial score (nSPS) is 12.8. The summed E-state index contributed by atoms with van der Waals surface area (Å²) in [6.07, 6.45) is 3.74. The molecule has 0 amide bonds. The van der Waals surface area contributed by atoms with Crippen molar-refractivity contribution in [3.05, 3.63) is 29.6 Å². The highest BCUT2D eigenvalue weighted by Gasteiger charge is 2.06. The molecule has 0 radical (unpaired) electrons. The molecule has 1 heterocycles. The van der Waals surface area contributed by atoms with E-state index in [2.05, 4.69) is 4.98 Å². The van der Waals surface area contributed by atoms with E-state index >= 15 is 0 Å². The minimum absolute atomic E-state index is 0.377. The number of methoxy groups -OCH3 is 1. The number of nitrogens with zero attached hydrogens (tertiary/aromatic N) is 1. The molecule has 1 N–H and O–H groups in total. The first kappa shape index (κ1) is 10.2. The van der Waals surface area contributed by atoms with Crippen LogP contribution in [0.25, 0.3) is 0 Å².